The van der Waals surface area contributed by atoms with E-state index in [1.165, 1.54) is 69.7 Å². The third-order valence-corrected chi connectivity index (χ3v) is 8.06. The Hall–Kier alpha value is -4.01. The van der Waals surface area contributed by atoms with Gasteiger partial charge in [-0.2, -0.15) is 0 Å². The molecule has 0 amide bonds. The molecule has 0 saturated carbocycles. The molecule has 45 heavy (non-hydrogen) atoms. The molecule has 0 fully saturated rings. The Balaban J connectivity index is 0.000000519. The number of carbonyl (C=O) groups is 1. The quantitative estimate of drug-likeness (QED) is 0.0809. The predicted octanol–water partition coefficient (Wildman–Crippen LogP) is 7.99. The molecule has 1 aromatic heterocycles. The molecule has 1 aliphatic rings. The van der Waals surface area contributed by atoms with Gasteiger partial charge < -0.3 is 10.1 Å². The first kappa shape index (κ1) is 33.9. The molecule has 0 radical (unpaired) electrons. The summed E-state index contributed by atoms with van der Waals surface area (Å²) in [6.45, 7) is 12.3. The number of nitrogens with zero attached hydrogens (tertiary/aromatic N) is 1. The fourth-order valence-corrected chi connectivity index (χ4v) is 6.53. The Kier molecular flexibility index (Phi) is 11.2. The number of hydrogen-bond donors (Lipinski definition) is 1. The SMILES string of the molecule is CC(=O)/C=C(/C)O.CC(C)c1c(-c2ccccc2)cc(-c2ccccc2)c(C(C)C)c1B1c2ccc[c-]c2-c2ncccc21.[Pt]. The maximum absolute atomic E-state index is 10.0. The zero-order valence-corrected chi connectivity index (χ0v) is 29.0. The van der Waals surface area contributed by atoms with Crippen molar-refractivity contribution in [3.8, 4) is 33.5 Å². The van der Waals surface area contributed by atoms with Crippen LogP contribution in [-0.2, 0) is 25.9 Å². The molecule has 0 spiro atoms. The van der Waals surface area contributed by atoms with Crippen molar-refractivity contribution in [2.45, 2.75) is 53.4 Å². The van der Waals surface area contributed by atoms with E-state index in [0.29, 0.717) is 11.8 Å². The van der Waals surface area contributed by atoms with Crippen LogP contribution in [0.5, 0.6) is 0 Å². The molecule has 5 heteroatoms. The second-order valence-electron chi connectivity index (χ2n) is 12.0. The second-order valence-corrected chi connectivity index (χ2v) is 12.0. The maximum atomic E-state index is 10.0. The van der Waals surface area contributed by atoms with Gasteiger partial charge in [0.15, 0.2) is 12.5 Å². The smallest absolute Gasteiger partial charge is 0.182 e. The normalized spacial score (nSPS) is 11.8. The van der Waals surface area contributed by atoms with Gasteiger partial charge in [-0.25, -0.2) is 0 Å². The van der Waals surface area contributed by atoms with Gasteiger partial charge in [0.25, 0.3) is 0 Å². The average Bonchev–Trinajstić information content (AvgIpc) is 3.34. The van der Waals surface area contributed by atoms with Crippen molar-refractivity contribution >= 4 is 28.9 Å². The number of hydrogen-bond acceptors (Lipinski definition) is 3. The summed E-state index contributed by atoms with van der Waals surface area (Å²) in [5.41, 5.74) is 14.3. The summed E-state index contributed by atoms with van der Waals surface area (Å²) in [5.74, 6) is 0.640. The van der Waals surface area contributed by atoms with E-state index < -0.39 is 0 Å². The van der Waals surface area contributed by atoms with E-state index >= 15 is 0 Å². The zero-order chi connectivity index (χ0) is 31.4. The van der Waals surface area contributed by atoms with Crippen molar-refractivity contribution in [1.29, 1.82) is 0 Å². The Morgan fingerprint density at radius 3 is 1.78 bits per heavy atom. The van der Waals surface area contributed by atoms with Gasteiger partial charge in [-0.05, 0) is 76.9 Å². The van der Waals surface area contributed by atoms with E-state index in [9.17, 15) is 4.79 Å². The van der Waals surface area contributed by atoms with Crippen LogP contribution in [0.4, 0.5) is 0 Å². The molecule has 230 valence electrons. The fraction of sp³-hybridized carbons (Fsp3) is 0.200. The molecule has 3 nitrogen and oxygen atoms in total. The van der Waals surface area contributed by atoms with Crippen LogP contribution in [0.1, 0.15) is 64.5 Å². The van der Waals surface area contributed by atoms with Gasteiger partial charge in [-0.15, -0.1) is 35.3 Å². The van der Waals surface area contributed by atoms with Crippen LogP contribution < -0.4 is 16.4 Å². The molecule has 0 unspecified atom stereocenters. The van der Waals surface area contributed by atoms with Gasteiger partial charge in [-0.3, -0.25) is 4.79 Å². The number of aliphatic hydroxyl groups excluding tert-OH is 1. The van der Waals surface area contributed by atoms with E-state index in [1.807, 2.05) is 12.3 Å². The number of rotatable bonds is 6. The van der Waals surface area contributed by atoms with Crippen molar-refractivity contribution in [2.75, 3.05) is 0 Å². The van der Waals surface area contributed by atoms with Gasteiger partial charge in [0.2, 0.25) is 0 Å². The van der Waals surface area contributed by atoms with Crippen molar-refractivity contribution in [3.05, 3.63) is 132 Å². The van der Waals surface area contributed by atoms with E-state index in [4.69, 9.17) is 10.1 Å². The Morgan fingerprint density at radius 2 is 1.31 bits per heavy atom. The van der Waals surface area contributed by atoms with Crippen molar-refractivity contribution in [2.24, 2.45) is 0 Å². The van der Waals surface area contributed by atoms with E-state index in [2.05, 4.69) is 125 Å². The number of fused-ring (bicyclic) bond motifs is 3. The molecular weight excluding hydrogens is 732 g/mol. The third kappa shape index (κ3) is 7.13. The minimum atomic E-state index is -0.125. The summed E-state index contributed by atoms with van der Waals surface area (Å²) in [7, 11) is 0. The minimum absolute atomic E-state index is 0. The largest absolute Gasteiger partial charge is 0.512 e. The minimum Gasteiger partial charge on any atom is -0.512 e. The summed E-state index contributed by atoms with van der Waals surface area (Å²) in [6.07, 6.45) is 3.08. The molecular formula is C40H39BNO2Pt-. The Morgan fingerprint density at radius 1 is 0.778 bits per heavy atom. The van der Waals surface area contributed by atoms with Crippen molar-refractivity contribution in [3.63, 3.8) is 0 Å². The zero-order valence-electron chi connectivity index (χ0n) is 26.7. The number of allylic oxidation sites excluding steroid dienone is 2. The summed E-state index contributed by atoms with van der Waals surface area (Å²) in [5, 5.41) is 8.36. The number of aromatic nitrogens is 1. The summed E-state index contributed by atoms with van der Waals surface area (Å²) < 4.78 is 0. The number of aliphatic hydroxyl groups is 1. The van der Waals surface area contributed by atoms with Crippen molar-refractivity contribution < 1.29 is 31.0 Å². The third-order valence-electron chi connectivity index (χ3n) is 8.06. The van der Waals surface area contributed by atoms with Crippen LogP contribution in [0.15, 0.2) is 115 Å². The number of pyridine rings is 1. The van der Waals surface area contributed by atoms with Gasteiger partial charge in [0.1, 0.15) is 0 Å². The van der Waals surface area contributed by atoms with E-state index in [-0.39, 0.29) is 39.3 Å². The molecule has 2 heterocycles. The van der Waals surface area contributed by atoms with Gasteiger partial charge in [-0.1, -0.05) is 105 Å². The molecule has 0 aliphatic carbocycles. The van der Waals surface area contributed by atoms with Crippen molar-refractivity contribution in [1.82, 2.24) is 4.98 Å². The van der Waals surface area contributed by atoms with Crippen LogP contribution in [-0.4, -0.2) is 22.6 Å². The first-order valence-electron chi connectivity index (χ1n) is 15.3. The molecule has 4 aromatic carbocycles. The number of ketones is 1. The van der Waals surface area contributed by atoms with Crippen LogP contribution in [0.2, 0.25) is 0 Å². The summed E-state index contributed by atoms with van der Waals surface area (Å²) in [4.78, 5) is 14.9. The van der Waals surface area contributed by atoms with Gasteiger partial charge >= 0.3 is 0 Å². The predicted molar refractivity (Wildman–Crippen MR) is 186 cm³/mol. The molecule has 0 atom stereocenters. The second kappa shape index (κ2) is 14.8. The topological polar surface area (TPSA) is 50.2 Å². The molecule has 0 saturated heterocycles. The molecule has 1 aliphatic heterocycles. The molecule has 0 bridgehead atoms. The van der Waals surface area contributed by atoms with Gasteiger partial charge in [0, 0.05) is 33.3 Å². The molecule has 6 rings (SSSR count). The summed E-state index contributed by atoms with van der Waals surface area (Å²) >= 11 is 0. The monoisotopic (exact) mass is 771 g/mol. The average molecular weight is 772 g/mol. The maximum Gasteiger partial charge on any atom is 0.182 e. The Bertz CT molecular complexity index is 1690. The van der Waals surface area contributed by atoms with E-state index in [1.54, 1.807) is 0 Å². The summed E-state index contributed by atoms with van der Waals surface area (Å²) in [6, 6.07) is 38.6. The number of benzene rings is 4. The van der Waals surface area contributed by atoms with Crippen LogP contribution in [0.3, 0.4) is 0 Å². The van der Waals surface area contributed by atoms with E-state index in [0.717, 1.165) is 11.3 Å². The molecule has 5 aromatic rings. The standard InChI is InChI=1S/C35H31BN.C5H8O2.Pt/c1-23(2)32-28(25-14-7-5-8-15-25)22-29(26-16-9-6-10-17-26)33(24(3)4)34(32)36-30-19-12-11-18-27(30)35-31(36)20-13-21-37-35;1-4(6)3-5(2)7;/h5-17,19-24H,1-4H3;3,6H,1-2H3;/q-1;;/b;4-3-;. The fourth-order valence-electron chi connectivity index (χ4n) is 6.53. The van der Waals surface area contributed by atoms with Crippen LogP contribution in [0.25, 0.3) is 33.5 Å². The molecule has 1 N–H and O–H groups in total. The van der Waals surface area contributed by atoms with Crippen LogP contribution in [0, 0.1) is 6.07 Å². The number of carbonyl (C=O) groups excluding carboxylic acids is 1. The first-order valence-corrected chi connectivity index (χ1v) is 15.3. The van der Waals surface area contributed by atoms with Crippen LogP contribution >= 0.6 is 0 Å². The first-order chi connectivity index (χ1) is 21.2. The van der Waals surface area contributed by atoms with Gasteiger partial charge in [0.05, 0.1) is 5.76 Å². The Labute approximate surface area is 282 Å².